The van der Waals surface area contributed by atoms with Crippen LogP contribution in [-0.2, 0) is 19.5 Å². The Hall–Kier alpha value is -0.860. The minimum absolute atomic E-state index is 1.08. The van der Waals surface area contributed by atoms with Gasteiger partial charge in [-0.15, -0.1) is 0 Å². The smallest absolute Gasteiger partial charge is 0.0236 e. The van der Waals surface area contributed by atoms with Gasteiger partial charge in [0.1, 0.15) is 0 Å². The maximum atomic E-state index is 2.51. The zero-order valence-corrected chi connectivity index (χ0v) is 15.7. The number of aryl methyl sites for hydroxylation is 1. The van der Waals surface area contributed by atoms with Crippen LogP contribution >= 0.6 is 0 Å². The van der Waals surface area contributed by atoms with Gasteiger partial charge in [-0.1, -0.05) is 53.2 Å². The summed E-state index contributed by atoms with van der Waals surface area (Å²) in [5.41, 5.74) is 6.06. The minimum atomic E-state index is 1.08. The first-order valence-corrected chi connectivity index (χ1v) is 9.15. The van der Waals surface area contributed by atoms with Crippen LogP contribution in [0.5, 0.6) is 0 Å². The van der Waals surface area contributed by atoms with Crippen molar-refractivity contribution in [2.75, 3.05) is 26.2 Å². The van der Waals surface area contributed by atoms with Crippen molar-refractivity contribution in [1.29, 1.82) is 0 Å². The number of rotatable bonds is 10. The van der Waals surface area contributed by atoms with Gasteiger partial charge < -0.3 is 0 Å². The van der Waals surface area contributed by atoms with Crippen LogP contribution < -0.4 is 0 Å². The van der Waals surface area contributed by atoms with E-state index in [1.807, 2.05) is 0 Å². The summed E-state index contributed by atoms with van der Waals surface area (Å²) in [5.74, 6) is 0. The van der Waals surface area contributed by atoms with E-state index in [4.69, 9.17) is 0 Å². The van der Waals surface area contributed by atoms with Crippen LogP contribution in [0.3, 0.4) is 0 Å². The van der Waals surface area contributed by atoms with Gasteiger partial charge in [-0.05, 0) is 61.8 Å². The van der Waals surface area contributed by atoms with E-state index >= 15 is 0 Å². The molecule has 0 spiro atoms. The fourth-order valence-electron chi connectivity index (χ4n) is 3.05. The van der Waals surface area contributed by atoms with Crippen molar-refractivity contribution in [3.63, 3.8) is 0 Å². The second-order valence-electron chi connectivity index (χ2n) is 6.21. The summed E-state index contributed by atoms with van der Waals surface area (Å²) in [7, 11) is 0. The van der Waals surface area contributed by atoms with Gasteiger partial charge in [0, 0.05) is 13.1 Å². The van der Waals surface area contributed by atoms with Gasteiger partial charge in [0.25, 0.3) is 0 Å². The largest absolute Gasteiger partial charge is 0.300 e. The first kappa shape index (κ1) is 19.2. The molecule has 0 aliphatic carbocycles. The fraction of sp³-hybridized carbons (Fsp3) is 0.700. The Morgan fingerprint density at radius 1 is 0.727 bits per heavy atom. The molecule has 0 aromatic heterocycles. The zero-order valence-electron chi connectivity index (χ0n) is 15.7. The first-order valence-electron chi connectivity index (χ1n) is 9.15. The van der Waals surface area contributed by atoms with Crippen LogP contribution in [0.4, 0.5) is 0 Å². The maximum Gasteiger partial charge on any atom is 0.0236 e. The third-order valence-corrected chi connectivity index (χ3v) is 4.80. The van der Waals surface area contributed by atoms with E-state index in [-0.39, 0.29) is 0 Å². The molecule has 2 heteroatoms. The Kier molecular flexibility index (Phi) is 8.74. The van der Waals surface area contributed by atoms with Crippen molar-refractivity contribution in [2.45, 2.75) is 67.5 Å². The van der Waals surface area contributed by atoms with Crippen LogP contribution in [0.15, 0.2) is 12.1 Å². The SMILES string of the molecule is CCCc1cc(CN(CC)CC)c(C)c(CN(CC)CC)c1. The highest BCUT2D eigenvalue weighted by atomic mass is 15.1. The molecule has 0 N–H and O–H groups in total. The summed E-state index contributed by atoms with van der Waals surface area (Å²) in [4.78, 5) is 5.03. The summed E-state index contributed by atoms with van der Waals surface area (Å²) in [6, 6.07) is 4.89. The van der Waals surface area contributed by atoms with Crippen LogP contribution in [-0.4, -0.2) is 36.0 Å². The molecule has 0 atom stereocenters. The van der Waals surface area contributed by atoms with E-state index in [2.05, 4.69) is 63.5 Å². The molecule has 0 radical (unpaired) electrons. The molecule has 1 aromatic rings. The summed E-state index contributed by atoms with van der Waals surface area (Å²) >= 11 is 0. The highest BCUT2D eigenvalue weighted by molar-refractivity contribution is 5.38. The molecule has 0 unspecified atom stereocenters. The molecule has 0 aliphatic rings. The second-order valence-corrected chi connectivity index (χ2v) is 6.21. The fourth-order valence-corrected chi connectivity index (χ4v) is 3.05. The van der Waals surface area contributed by atoms with E-state index < -0.39 is 0 Å². The van der Waals surface area contributed by atoms with Crippen LogP contribution in [0.2, 0.25) is 0 Å². The van der Waals surface area contributed by atoms with Gasteiger partial charge in [-0.2, -0.15) is 0 Å². The molecule has 0 bridgehead atoms. The number of nitrogens with zero attached hydrogens (tertiary/aromatic N) is 2. The van der Waals surface area contributed by atoms with Crippen molar-refractivity contribution >= 4 is 0 Å². The molecule has 0 saturated carbocycles. The first-order chi connectivity index (χ1) is 10.6. The number of hydrogen-bond acceptors (Lipinski definition) is 2. The molecule has 126 valence electrons. The predicted molar refractivity (Wildman–Crippen MR) is 98.4 cm³/mol. The Morgan fingerprint density at radius 3 is 1.45 bits per heavy atom. The van der Waals surface area contributed by atoms with Crippen LogP contribution in [0.1, 0.15) is 63.3 Å². The molecule has 1 rings (SSSR count). The number of benzene rings is 1. The molecule has 0 aliphatic heterocycles. The second kappa shape index (κ2) is 10.0. The summed E-state index contributed by atoms with van der Waals surface area (Å²) in [5, 5.41) is 0. The highest BCUT2D eigenvalue weighted by Gasteiger charge is 2.12. The Bertz CT molecular complexity index is 396. The lowest BCUT2D eigenvalue weighted by Crippen LogP contribution is -2.25. The van der Waals surface area contributed by atoms with Gasteiger partial charge in [0.15, 0.2) is 0 Å². The van der Waals surface area contributed by atoms with Gasteiger partial charge in [-0.3, -0.25) is 9.80 Å². The summed E-state index contributed by atoms with van der Waals surface area (Å²) in [6.07, 6.45) is 2.41. The third kappa shape index (κ3) is 5.40. The lowest BCUT2D eigenvalue weighted by molar-refractivity contribution is 0.289. The third-order valence-electron chi connectivity index (χ3n) is 4.80. The quantitative estimate of drug-likeness (QED) is 0.622. The van der Waals surface area contributed by atoms with Gasteiger partial charge in [0.05, 0.1) is 0 Å². The molecule has 1 aromatic carbocycles. The van der Waals surface area contributed by atoms with E-state index in [0.29, 0.717) is 0 Å². The van der Waals surface area contributed by atoms with Crippen molar-refractivity contribution in [3.05, 3.63) is 34.4 Å². The highest BCUT2D eigenvalue weighted by Crippen LogP contribution is 2.21. The van der Waals surface area contributed by atoms with E-state index in [9.17, 15) is 0 Å². The summed E-state index contributed by atoms with van der Waals surface area (Å²) < 4.78 is 0. The Labute approximate surface area is 138 Å². The monoisotopic (exact) mass is 304 g/mol. The van der Waals surface area contributed by atoms with Gasteiger partial charge in [0.2, 0.25) is 0 Å². The van der Waals surface area contributed by atoms with Crippen molar-refractivity contribution < 1.29 is 0 Å². The van der Waals surface area contributed by atoms with Gasteiger partial charge in [-0.25, -0.2) is 0 Å². The lowest BCUT2D eigenvalue weighted by Gasteiger charge is -2.24. The topological polar surface area (TPSA) is 6.48 Å². The van der Waals surface area contributed by atoms with Crippen molar-refractivity contribution in [2.24, 2.45) is 0 Å². The molecule has 0 amide bonds. The van der Waals surface area contributed by atoms with E-state index in [1.54, 1.807) is 0 Å². The van der Waals surface area contributed by atoms with Crippen molar-refractivity contribution in [1.82, 2.24) is 9.80 Å². The average molecular weight is 305 g/mol. The normalized spacial score (nSPS) is 11.6. The molecule has 0 saturated heterocycles. The van der Waals surface area contributed by atoms with E-state index in [0.717, 1.165) is 39.3 Å². The minimum Gasteiger partial charge on any atom is -0.300 e. The van der Waals surface area contributed by atoms with Crippen LogP contribution in [0, 0.1) is 6.92 Å². The molecule has 2 nitrogen and oxygen atoms in total. The Balaban J connectivity index is 3.11. The number of hydrogen-bond donors (Lipinski definition) is 0. The molecule has 22 heavy (non-hydrogen) atoms. The van der Waals surface area contributed by atoms with E-state index in [1.165, 1.54) is 35.1 Å². The standard InChI is InChI=1S/C20H36N2/c1-7-12-18-13-19(15-21(8-2)9-3)17(6)20(14-18)16-22(10-4)11-5/h13-14H,7-12,15-16H2,1-6H3. The summed E-state index contributed by atoms with van der Waals surface area (Å²) in [6.45, 7) is 20.3. The molecule has 0 fully saturated rings. The van der Waals surface area contributed by atoms with Crippen molar-refractivity contribution in [3.8, 4) is 0 Å². The lowest BCUT2D eigenvalue weighted by atomic mass is 9.95. The molecule has 0 heterocycles. The maximum absolute atomic E-state index is 2.51. The predicted octanol–water partition coefficient (Wildman–Crippen LogP) is 4.63. The molecular formula is C20H36N2. The molecular weight excluding hydrogens is 268 g/mol. The zero-order chi connectivity index (χ0) is 16.5. The van der Waals surface area contributed by atoms with Crippen LogP contribution in [0.25, 0.3) is 0 Å². The Morgan fingerprint density at radius 2 is 1.14 bits per heavy atom. The average Bonchev–Trinajstić information content (AvgIpc) is 2.53. The van der Waals surface area contributed by atoms with Gasteiger partial charge >= 0.3 is 0 Å².